The highest BCUT2D eigenvalue weighted by atomic mass is 32.2. The number of hydrogen-bond donors (Lipinski definition) is 3. The first kappa shape index (κ1) is 40.6. The van der Waals surface area contributed by atoms with Crippen LogP contribution in [0.5, 0.6) is 5.88 Å². The minimum atomic E-state index is -3.83. The van der Waals surface area contributed by atoms with Crippen LogP contribution in [0.15, 0.2) is 73.3 Å². The van der Waals surface area contributed by atoms with Gasteiger partial charge in [0.15, 0.2) is 0 Å². The summed E-state index contributed by atoms with van der Waals surface area (Å²) in [6.07, 6.45) is 0.535. The molecular formula is C41H51N5O9S. The Morgan fingerprint density at radius 2 is 1.77 bits per heavy atom. The fourth-order valence-electron chi connectivity index (χ4n) is 7.14. The van der Waals surface area contributed by atoms with Gasteiger partial charge in [0.2, 0.25) is 33.6 Å². The normalized spacial score (nSPS) is 23.1. The molecule has 1 aliphatic heterocycles. The first-order valence-corrected chi connectivity index (χ1v) is 20.6. The number of nitrogens with one attached hydrogen (secondary N) is 3. The zero-order chi connectivity index (χ0) is 40.4. The van der Waals surface area contributed by atoms with Crippen LogP contribution in [0.2, 0.25) is 0 Å². The van der Waals surface area contributed by atoms with Gasteiger partial charge in [0, 0.05) is 30.5 Å². The van der Waals surface area contributed by atoms with Crippen molar-refractivity contribution in [3.8, 4) is 17.1 Å². The van der Waals surface area contributed by atoms with E-state index in [9.17, 15) is 27.6 Å². The Morgan fingerprint density at radius 1 is 1.07 bits per heavy atom. The highest BCUT2D eigenvalue weighted by molar-refractivity contribution is 7.90. The first-order chi connectivity index (χ1) is 26.5. The number of sulfonamides is 1. The summed E-state index contributed by atoms with van der Waals surface area (Å²) in [6, 6.07) is 16.9. The zero-order valence-electron chi connectivity index (χ0n) is 32.4. The lowest BCUT2D eigenvalue weighted by Crippen LogP contribution is -2.58. The number of allylic oxidation sites excluding steroid dienone is 1. The smallest absolute Gasteiger partial charge is 0.408 e. The number of likely N-dealkylation sites (tertiary alicyclic amines) is 1. The predicted octanol–water partition coefficient (Wildman–Crippen LogP) is 4.49. The van der Waals surface area contributed by atoms with E-state index in [1.165, 1.54) is 4.90 Å². The summed E-state index contributed by atoms with van der Waals surface area (Å²) in [5.41, 5.74) is -0.503. The van der Waals surface area contributed by atoms with Crippen LogP contribution in [0.3, 0.4) is 0 Å². The van der Waals surface area contributed by atoms with E-state index in [0.29, 0.717) is 30.8 Å². The highest BCUT2D eigenvalue weighted by Crippen LogP contribution is 2.53. The molecule has 3 aliphatic rings. The summed E-state index contributed by atoms with van der Waals surface area (Å²) in [7, 11) is -3.83. The van der Waals surface area contributed by atoms with Crippen LogP contribution in [0.1, 0.15) is 60.3 Å². The van der Waals surface area contributed by atoms with Crippen molar-refractivity contribution >= 4 is 44.6 Å². The first-order valence-electron chi connectivity index (χ1n) is 19.0. The summed E-state index contributed by atoms with van der Waals surface area (Å²) in [5, 5.41) is 6.53. The van der Waals surface area contributed by atoms with Gasteiger partial charge < -0.3 is 29.7 Å². The van der Waals surface area contributed by atoms with E-state index >= 15 is 0 Å². The van der Waals surface area contributed by atoms with Crippen LogP contribution in [-0.2, 0) is 33.9 Å². The summed E-state index contributed by atoms with van der Waals surface area (Å²) in [5.74, 6) is -1.91. The molecule has 0 radical (unpaired) electrons. The number of pyridine rings is 1. The number of aromatic nitrogens is 1. The van der Waals surface area contributed by atoms with Crippen molar-refractivity contribution < 1.29 is 41.8 Å². The fraction of sp³-hybridized carbons (Fsp3) is 0.488. The van der Waals surface area contributed by atoms with Crippen molar-refractivity contribution in [2.45, 2.75) is 95.4 Å². The van der Waals surface area contributed by atoms with Gasteiger partial charge in [-0.05, 0) is 77.3 Å². The van der Waals surface area contributed by atoms with Crippen LogP contribution in [-0.4, -0.2) is 97.0 Å². The molecule has 1 aromatic heterocycles. The quantitative estimate of drug-likeness (QED) is 0.186. The molecule has 4 amide bonds. The predicted molar refractivity (Wildman–Crippen MR) is 210 cm³/mol. The number of nitrogens with zero attached hydrogens (tertiary/aromatic N) is 2. The molecule has 1 saturated heterocycles. The van der Waals surface area contributed by atoms with Crippen LogP contribution in [0.4, 0.5) is 4.79 Å². The maximum Gasteiger partial charge on any atom is 0.408 e. The van der Waals surface area contributed by atoms with Crippen molar-refractivity contribution in [2.75, 3.05) is 19.7 Å². The second-order valence-electron chi connectivity index (χ2n) is 15.8. The molecule has 3 fully saturated rings. The largest absolute Gasteiger partial charge is 0.472 e. The van der Waals surface area contributed by atoms with Crippen molar-refractivity contribution in [1.29, 1.82) is 0 Å². The molecule has 300 valence electrons. The van der Waals surface area contributed by atoms with E-state index in [1.54, 1.807) is 40.7 Å². The SMILES string of the molecule is C=C[C@@H]1C[C@]1(CNC(=O)[C@@H]1C[C@@H](Oc2nc(-c3ccccc3)cc3ccccc23)CN1C(=O)[C@@H](NC(=O)OC(C)(C)C)[C@H](C)OCC)C(=O)NS(=O)(=O)C1CC1. The summed E-state index contributed by atoms with van der Waals surface area (Å²) in [6.45, 7) is 12.3. The van der Waals surface area contributed by atoms with Crippen molar-refractivity contribution in [3.63, 3.8) is 0 Å². The Bertz CT molecular complexity index is 2090. The van der Waals surface area contributed by atoms with Gasteiger partial charge in [0.25, 0.3) is 0 Å². The lowest BCUT2D eigenvalue weighted by atomic mass is 10.0. The third-order valence-electron chi connectivity index (χ3n) is 10.4. The van der Waals surface area contributed by atoms with Crippen LogP contribution in [0.25, 0.3) is 22.0 Å². The summed E-state index contributed by atoms with van der Waals surface area (Å²) >= 11 is 0. The molecule has 6 rings (SSSR count). The van der Waals surface area contributed by atoms with Crippen molar-refractivity contribution in [2.24, 2.45) is 11.3 Å². The Kier molecular flexibility index (Phi) is 11.8. The molecule has 2 aromatic carbocycles. The standard InChI is InChI=1S/C41H51N5O9S/c1-7-28-22-41(28,38(49)45-56(51,52)30-18-19-30)24-42-35(47)33-21-29(23-46(33)37(48)34(25(3)53-8-2)44-39(50)55-40(4,5)6)54-36-31-17-13-12-16-27(31)20-32(43-36)26-14-10-9-11-15-26/h7,9-17,20,25,28-30,33-34H,1,8,18-19,21-24H2,2-6H3,(H,42,47)(H,44,50)(H,45,49)/t25-,28+,29+,33-,34-,41+/m0/s1. The van der Waals surface area contributed by atoms with Gasteiger partial charge in [0.05, 0.1) is 29.0 Å². The number of benzene rings is 2. The van der Waals surface area contributed by atoms with Gasteiger partial charge in [-0.25, -0.2) is 18.2 Å². The number of alkyl carbamates (subject to hydrolysis) is 1. The van der Waals surface area contributed by atoms with Gasteiger partial charge >= 0.3 is 6.09 Å². The number of hydrogen-bond acceptors (Lipinski definition) is 10. The Hall–Kier alpha value is -5.02. The molecule has 14 nitrogen and oxygen atoms in total. The minimum Gasteiger partial charge on any atom is -0.472 e. The van der Waals surface area contributed by atoms with E-state index in [1.807, 2.05) is 60.7 Å². The fourth-order valence-corrected chi connectivity index (χ4v) is 8.53. The molecule has 3 aromatic rings. The molecule has 3 N–H and O–H groups in total. The summed E-state index contributed by atoms with van der Waals surface area (Å²) < 4.78 is 45.4. The Morgan fingerprint density at radius 3 is 2.41 bits per heavy atom. The maximum absolute atomic E-state index is 14.6. The molecule has 15 heteroatoms. The highest BCUT2D eigenvalue weighted by Gasteiger charge is 2.60. The monoisotopic (exact) mass is 789 g/mol. The molecule has 0 bridgehead atoms. The van der Waals surface area contributed by atoms with Gasteiger partial charge in [-0.2, -0.15) is 0 Å². The number of amides is 4. The van der Waals surface area contributed by atoms with Crippen LogP contribution < -0.4 is 20.1 Å². The number of carbonyl (C=O) groups excluding carboxylic acids is 4. The Labute approximate surface area is 327 Å². The lowest BCUT2D eigenvalue weighted by molar-refractivity contribution is -0.143. The summed E-state index contributed by atoms with van der Waals surface area (Å²) in [4.78, 5) is 61.5. The number of carbonyl (C=O) groups is 4. The van der Waals surface area contributed by atoms with Gasteiger partial charge in [-0.3, -0.25) is 19.1 Å². The average Bonchev–Trinajstić information content (AvgIpc) is 4.09. The second-order valence-corrected chi connectivity index (χ2v) is 17.7. The van der Waals surface area contributed by atoms with Crippen molar-refractivity contribution in [1.82, 2.24) is 25.2 Å². The molecule has 6 atom stereocenters. The van der Waals surface area contributed by atoms with Gasteiger partial charge in [-0.15, -0.1) is 6.58 Å². The second kappa shape index (κ2) is 16.2. The zero-order valence-corrected chi connectivity index (χ0v) is 33.3. The topological polar surface area (TPSA) is 182 Å². The third kappa shape index (κ3) is 9.15. The molecule has 0 spiro atoms. The van der Waals surface area contributed by atoms with E-state index in [0.717, 1.165) is 16.3 Å². The maximum atomic E-state index is 14.6. The molecular weight excluding hydrogens is 739 g/mol. The molecule has 2 heterocycles. The molecule has 56 heavy (non-hydrogen) atoms. The lowest BCUT2D eigenvalue weighted by Gasteiger charge is -2.32. The van der Waals surface area contributed by atoms with Gasteiger partial charge in [0.1, 0.15) is 23.8 Å². The van der Waals surface area contributed by atoms with Crippen LogP contribution >= 0.6 is 0 Å². The van der Waals surface area contributed by atoms with E-state index in [-0.39, 0.29) is 32.0 Å². The molecule has 2 saturated carbocycles. The van der Waals surface area contributed by atoms with E-state index in [2.05, 4.69) is 21.9 Å². The minimum absolute atomic E-state index is 0.0471. The number of rotatable bonds is 15. The van der Waals surface area contributed by atoms with E-state index < -0.39 is 74.4 Å². The third-order valence-corrected chi connectivity index (χ3v) is 12.2. The number of fused-ring (bicyclic) bond motifs is 1. The number of ether oxygens (including phenoxy) is 3. The van der Waals surface area contributed by atoms with Crippen LogP contribution in [0, 0.1) is 11.3 Å². The molecule has 2 aliphatic carbocycles. The molecule has 0 unspecified atom stereocenters. The van der Waals surface area contributed by atoms with Gasteiger partial charge in [-0.1, -0.05) is 54.6 Å². The van der Waals surface area contributed by atoms with Crippen molar-refractivity contribution in [3.05, 3.63) is 73.3 Å². The van der Waals surface area contributed by atoms with E-state index in [4.69, 9.17) is 19.2 Å². The Balaban J connectivity index is 1.29. The average molecular weight is 790 g/mol.